The van der Waals surface area contributed by atoms with Gasteiger partial charge in [-0.15, -0.1) is 0 Å². The predicted molar refractivity (Wildman–Crippen MR) is 96.2 cm³/mol. The summed E-state index contributed by atoms with van der Waals surface area (Å²) in [6, 6.07) is 18.4. The van der Waals surface area contributed by atoms with Crippen LogP contribution in [0.5, 0.6) is 0 Å². The second-order valence-corrected chi connectivity index (χ2v) is 7.27. The molecule has 0 unspecified atom stereocenters. The van der Waals surface area contributed by atoms with Gasteiger partial charge in [-0.3, -0.25) is 4.55 Å². The van der Waals surface area contributed by atoms with Crippen LogP contribution >= 0.6 is 22.6 Å². The van der Waals surface area contributed by atoms with Crippen LogP contribution in [0, 0.1) is 3.57 Å². The van der Waals surface area contributed by atoms with Crippen LogP contribution in [0.1, 0.15) is 0 Å². The largest absolute Gasteiger partial charge is 0.355 e. The van der Waals surface area contributed by atoms with E-state index in [2.05, 4.69) is 5.32 Å². The molecule has 22 heavy (non-hydrogen) atoms. The highest BCUT2D eigenvalue weighted by atomic mass is 127. The average Bonchev–Trinajstić information content (AvgIpc) is 2.47. The van der Waals surface area contributed by atoms with Gasteiger partial charge in [-0.1, -0.05) is 36.4 Å². The molecule has 6 heteroatoms. The normalized spacial score (nSPS) is 11.5. The Morgan fingerprint density at radius 2 is 1.64 bits per heavy atom. The summed E-state index contributed by atoms with van der Waals surface area (Å²) >= 11 is 1.91. The molecule has 112 valence electrons. The van der Waals surface area contributed by atoms with Crippen LogP contribution in [0.15, 0.2) is 65.6 Å². The van der Waals surface area contributed by atoms with Gasteiger partial charge in [0.2, 0.25) is 0 Å². The molecule has 3 aromatic carbocycles. The number of anilines is 2. The Bertz CT molecular complexity index is 940. The van der Waals surface area contributed by atoms with E-state index >= 15 is 0 Å². The van der Waals surface area contributed by atoms with E-state index in [-0.39, 0.29) is 4.90 Å². The van der Waals surface area contributed by atoms with Crippen molar-refractivity contribution >= 4 is 54.9 Å². The van der Waals surface area contributed by atoms with Crippen molar-refractivity contribution < 1.29 is 13.0 Å². The Kier molecular flexibility index (Phi) is 4.07. The number of benzene rings is 3. The average molecular weight is 425 g/mol. The fourth-order valence-electron chi connectivity index (χ4n) is 2.35. The van der Waals surface area contributed by atoms with Gasteiger partial charge in [0, 0.05) is 20.3 Å². The molecule has 2 N–H and O–H groups in total. The van der Waals surface area contributed by atoms with Crippen LogP contribution in [0.4, 0.5) is 11.4 Å². The monoisotopic (exact) mass is 425 g/mol. The van der Waals surface area contributed by atoms with Crippen molar-refractivity contribution in [3.05, 3.63) is 64.2 Å². The molecule has 0 aliphatic rings. The van der Waals surface area contributed by atoms with Crippen LogP contribution in [0.25, 0.3) is 10.8 Å². The molecular formula is C16H12INO3S. The third-order valence-electron chi connectivity index (χ3n) is 3.26. The summed E-state index contributed by atoms with van der Waals surface area (Å²) in [5.41, 5.74) is 1.48. The van der Waals surface area contributed by atoms with Crippen molar-refractivity contribution in [1.29, 1.82) is 0 Å². The molecule has 3 aromatic rings. The van der Waals surface area contributed by atoms with Crippen LogP contribution in [-0.2, 0) is 10.1 Å². The summed E-state index contributed by atoms with van der Waals surface area (Å²) in [5, 5.41) is 4.44. The summed E-state index contributed by atoms with van der Waals surface area (Å²) in [4.78, 5) is -0.0652. The van der Waals surface area contributed by atoms with E-state index in [9.17, 15) is 13.0 Å². The first-order valence-electron chi connectivity index (χ1n) is 6.47. The van der Waals surface area contributed by atoms with Gasteiger partial charge in [-0.2, -0.15) is 8.42 Å². The van der Waals surface area contributed by atoms with Crippen molar-refractivity contribution in [3.8, 4) is 0 Å². The highest BCUT2D eigenvalue weighted by Crippen LogP contribution is 2.34. The summed E-state index contributed by atoms with van der Waals surface area (Å²) in [6.07, 6.45) is 0. The van der Waals surface area contributed by atoms with E-state index in [0.29, 0.717) is 14.6 Å². The Labute approximate surface area is 142 Å². The van der Waals surface area contributed by atoms with E-state index in [1.54, 1.807) is 12.1 Å². The van der Waals surface area contributed by atoms with Crippen LogP contribution in [0.3, 0.4) is 0 Å². The van der Waals surface area contributed by atoms with Gasteiger partial charge in [-0.25, -0.2) is 0 Å². The van der Waals surface area contributed by atoms with Gasteiger partial charge < -0.3 is 5.32 Å². The Morgan fingerprint density at radius 1 is 0.909 bits per heavy atom. The van der Waals surface area contributed by atoms with Gasteiger partial charge in [0.15, 0.2) is 0 Å². The third kappa shape index (κ3) is 2.94. The first-order valence-corrected chi connectivity index (χ1v) is 8.99. The molecule has 0 aromatic heterocycles. The lowest BCUT2D eigenvalue weighted by molar-refractivity contribution is 0.483. The van der Waals surface area contributed by atoms with Gasteiger partial charge in [0.25, 0.3) is 10.1 Å². The van der Waals surface area contributed by atoms with Crippen molar-refractivity contribution in [3.63, 3.8) is 0 Å². The quantitative estimate of drug-likeness (QED) is 0.481. The van der Waals surface area contributed by atoms with E-state index in [0.717, 1.165) is 11.1 Å². The molecule has 0 saturated carbocycles. The molecule has 3 rings (SSSR count). The maximum atomic E-state index is 11.8. The van der Waals surface area contributed by atoms with Crippen LogP contribution < -0.4 is 5.32 Å². The molecule has 0 amide bonds. The molecule has 0 aliphatic heterocycles. The van der Waals surface area contributed by atoms with E-state index in [1.165, 1.54) is 0 Å². The molecule has 0 aliphatic carbocycles. The van der Waals surface area contributed by atoms with Gasteiger partial charge in [0.05, 0.1) is 0 Å². The number of nitrogens with one attached hydrogen (secondary N) is 1. The SMILES string of the molecule is O=S(=O)(O)c1c(I)ccc2cccc(Nc3ccccc3)c12. The van der Waals surface area contributed by atoms with Gasteiger partial charge in [0.1, 0.15) is 4.90 Å². The lowest BCUT2D eigenvalue weighted by Gasteiger charge is -2.13. The Balaban J connectivity index is 2.29. The summed E-state index contributed by atoms with van der Waals surface area (Å²) in [5.74, 6) is 0. The van der Waals surface area contributed by atoms with Crippen LogP contribution in [0.2, 0.25) is 0 Å². The fourth-order valence-corrected chi connectivity index (χ4v) is 4.44. The maximum absolute atomic E-state index is 11.8. The van der Waals surface area contributed by atoms with Crippen LogP contribution in [-0.4, -0.2) is 13.0 Å². The molecule has 4 nitrogen and oxygen atoms in total. The Morgan fingerprint density at radius 3 is 2.32 bits per heavy atom. The Hall–Kier alpha value is -1.64. The molecule has 0 fully saturated rings. The molecule has 0 saturated heterocycles. The highest BCUT2D eigenvalue weighted by molar-refractivity contribution is 14.1. The summed E-state index contributed by atoms with van der Waals surface area (Å²) in [6.45, 7) is 0. The smallest absolute Gasteiger partial charge is 0.296 e. The van der Waals surface area contributed by atoms with Gasteiger partial charge >= 0.3 is 0 Å². The summed E-state index contributed by atoms with van der Waals surface area (Å²) < 4.78 is 33.7. The van der Waals surface area contributed by atoms with E-state index in [1.807, 2.05) is 71.1 Å². The lowest BCUT2D eigenvalue weighted by Crippen LogP contribution is -2.04. The second-order valence-electron chi connectivity index (χ2n) is 4.75. The lowest BCUT2D eigenvalue weighted by atomic mass is 10.1. The number of fused-ring (bicyclic) bond motifs is 1. The number of rotatable bonds is 3. The molecule has 0 atom stereocenters. The highest BCUT2D eigenvalue weighted by Gasteiger charge is 2.20. The maximum Gasteiger partial charge on any atom is 0.296 e. The predicted octanol–water partition coefficient (Wildman–Crippen LogP) is 4.43. The zero-order valence-corrected chi connectivity index (χ0v) is 14.3. The first-order chi connectivity index (χ1) is 10.5. The third-order valence-corrected chi connectivity index (χ3v) is 5.47. The van der Waals surface area contributed by atoms with Crippen molar-refractivity contribution in [2.45, 2.75) is 4.90 Å². The second kappa shape index (κ2) is 5.86. The molecule has 0 heterocycles. The van der Waals surface area contributed by atoms with Crippen molar-refractivity contribution in [2.24, 2.45) is 0 Å². The van der Waals surface area contributed by atoms with Gasteiger partial charge in [-0.05, 0) is 52.2 Å². The van der Waals surface area contributed by atoms with Crippen molar-refractivity contribution in [2.75, 3.05) is 5.32 Å². The zero-order valence-electron chi connectivity index (χ0n) is 11.3. The molecule has 0 spiro atoms. The minimum Gasteiger partial charge on any atom is -0.355 e. The standard InChI is InChI=1S/C16H12INO3S/c17-13-10-9-11-5-4-8-14(15(11)16(13)22(19,20)21)18-12-6-2-1-3-7-12/h1-10,18H,(H,19,20,21). The molecular weight excluding hydrogens is 413 g/mol. The fraction of sp³-hybridized carbons (Fsp3) is 0. The molecule has 0 radical (unpaired) electrons. The number of hydrogen-bond donors (Lipinski definition) is 2. The topological polar surface area (TPSA) is 66.4 Å². The first kappa shape index (κ1) is 15.3. The number of para-hydroxylation sites is 1. The van der Waals surface area contributed by atoms with E-state index < -0.39 is 10.1 Å². The number of halogens is 1. The minimum absolute atomic E-state index is 0.0652. The molecule has 0 bridgehead atoms. The van der Waals surface area contributed by atoms with Crippen molar-refractivity contribution in [1.82, 2.24) is 0 Å². The minimum atomic E-state index is -4.32. The zero-order chi connectivity index (χ0) is 15.7. The summed E-state index contributed by atoms with van der Waals surface area (Å²) in [7, 11) is -4.32. The van der Waals surface area contributed by atoms with E-state index in [4.69, 9.17) is 0 Å². The number of hydrogen-bond acceptors (Lipinski definition) is 3.